The Morgan fingerprint density at radius 3 is 1.29 bits per heavy atom. The third-order valence-electron chi connectivity index (χ3n) is 18.0. The van der Waals surface area contributed by atoms with Crippen molar-refractivity contribution in [1.82, 2.24) is 0 Å². The van der Waals surface area contributed by atoms with Crippen LogP contribution in [0.5, 0.6) is 23.0 Å². The Kier molecular flexibility index (Phi) is 15.7. The van der Waals surface area contributed by atoms with E-state index in [0.29, 0.717) is 73.3 Å². The highest BCUT2D eigenvalue weighted by molar-refractivity contribution is 7.79. The summed E-state index contributed by atoms with van der Waals surface area (Å²) in [6, 6.07) is 10.00. The summed E-state index contributed by atoms with van der Waals surface area (Å²) in [6.45, 7) is 5.97. The highest BCUT2D eigenvalue weighted by Gasteiger charge is 2.75. The van der Waals surface area contributed by atoms with Gasteiger partial charge in [-0.25, -0.2) is 0 Å². The van der Waals surface area contributed by atoms with Crippen LogP contribution in [0.25, 0.3) is 0 Å². The lowest BCUT2D eigenvalue weighted by atomic mass is 9.53. The quantitative estimate of drug-likeness (QED) is 0.164. The van der Waals surface area contributed by atoms with Gasteiger partial charge in [-0.05, 0) is 46.2 Å². The van der Waals surface area contributed by atoms with Gasteiger partial charge in [0.15, 0.2) is 23.0 Å². The number of carbonyl (C=O) groups excluding carboxylic acids is 2. The molecule has 6 saturated heterocycles. The number of ether oxygens (including phenoxy) is 6. The molecule has 2 amide bonds. The van der Waals surface area contributed by atoms with Crippen LogP contribution in [0.3, 0.4) is 0 Å². The van der Waals surface area contributed by atoms with E-state index in [-0.39, 0.29) is 85.3 Å². The fourth-order valence-electron chi connectivity index (χ4n) is 16.2. The van der Waals surface area contributed by atoms with Crippen LogP contribution in [-0.4, -0.2) is 172 Å². The molecule has 16 N–H and O–H groups in total. The standard InChI is InChI=1S/2C23H26N2O4.H2O4S.7H2O/c2*1-27-16-8-14-15(9-17(16)28-2)25-20(26)10-18-21-13-7-19-23(14,22(21)25)4-5-24(19)11-12(13)3-6-29-18;1-5(2,3)4;;;;;;;/h2*3,8-9,13,18-19,21-22H,4-7,10-11H2,1-2H3;(H2,1,2,3,4);7*1H2/t2*13-,18+,19+,21+,22+,23-;;;;;;;;/m11......../s1. The molecule has 12 aliphatic rings. The summed E-state index contributed by atoms with van der Waals surface area (Å²) in [5, 5.41) is 0. The molecule has 8 fully saturated rings. The van der Waals surface area contributed by atoms with Crippen LogP contribution in [0.2, 0.25) is 0 Å². The third kappa shape index (κ3) is 7.36. The van der Waals surface area contributed by atoms with Gasteiger partial charge < -0.3 is 95.5 Å². The number of rotatable bonds is 4. The summed E-state index contributed by atoms with van der Waals surface area (Å²) >= 11 is 0. The summed E-state index contributed by atoms with van der Waals surface area (Å²) < 4.78 is 69.3. The van der Waals surface area contributed by atoms with E-state index in [4.69, 9.17) is 45.9 Å². The minimum Gasteiger partial charge on any atom is -0.759 e. The molecule has 14 rings (SSSR count). The van der Waals surface area contributed by atoms with Crippen LogP contribution in [-0.2, 0) is 40.3 Å². The summed E-state index contributed by atoms with van der Waals surface area (Å²) in [5.74, 6) is 5.27. The molecule has 0 aromatic heterocycles. The molecule has 0 radical (unpaired) electrons. The molecule has 14 atom stereocenters. The van der Waals surface area contributed by atoms with Gasteiger partial charge in [0, 0.05) is 60.1 Å². The van der Waals surface area contributed by atoms with Gasteiger partial charge in [-0.3, -0.25) is 18.0 Å². The minimum atomic E-state index is -5.17. The average Bonchev–Trinajstić information content (AvgIpc) is 3.94. The topological polar surface area (TPSA) is 406 Å². The lowest BCUT2D eigenvalue weighted by Gasteiger charge is -2.56. The van der Waals surface area contributed by atoms with Crippen molar-refractivity contribution in [3.05, 3.63) is 58.7 Å². The van der Waals surface area contributed by atoms with Crippen LogP contribution in [0.4, 0.5) is 11.4 Å². The number of hydrogen-bond acceptors (Lipinski definition) is 12. The van der Waals surface area contributed by atoms with Crippen molar-refractivity contribution < 1.29 is 104 Å². The second-order valence-corrected chi connectivity index (χ2v) is 20.5. The normalized spacial score (nSPS) is 36.4. The maximum Gasteiger partial charge on any atom is 0.229 e. The Bertz CT molecular complexity index is 2370. The van der Waals surface area contributed by atoms with E-state index in [1.807, 2.05) is 0 Å². The molecule has 2 unspecified atom stereocenters. The maximum absolute atomic E-state index is 13.5. The van der Waals surface area contributed by atoms with Gasteiger partial charge in [0.1, 0.15) is 12.1 Å². The van der Waals surface area contributed by atoms with E-state index in [2.05, 4.69) is 46.2 Å². The van der Waals surface area contributed by atoms with Crippen molar-refractivity contribution in [2.24, 2.45) is 23.7 Å². The van der Waals surface area contributed by atoms with E-state index in [1.165, 1.54) is 37.1 Å². The van der Waals surface area contributed by atoms with E-state index in [9.17, 15) is 9.59 Å². The van der Waals surface area contributed by atoms with Crippen LogP contribution in [0, 0.1) is 23.7 Å². The fraction of sp³-hybridized carbons (Fsp3) is 0.609. The first-order valence-corrected chi connectivity index (χ1v) is 23.8. The second kappa shape index (κ2) is 19.5. The maximum atomic E-state index is 13.5. The van der Waals surface area contributed by atoms with Gasteiger partial charge >= 0.3 is 0 Å². The minimum absolute atomic E-state index is 0. The molecule has 2 spiro atoms. The van der Waals surface area contributed by atoms with Crippen LogP contribution in [0.15, 0.2) is 47.6 Å². The molecule has 4 bridgehead atoms. The lowest BCUT2D eigenvalue weighted by Crippen LogP contribution is -3.16. The van der Waals surface area contributed by atoms with Crippen molar-refractivity contribution in [1.29, 1.82) is 0 Å². The number of amides is 2. The predicted octanol–water partition coefficient (Wildman–Crippen LogP) is -5.73. The first-order chi connectivity index (χ1) is 30.3. The van der Waals surface area contributed by atoms with E-state index >= 15 is 0 Å². The molecule has 10 aliphatic heterocycles. The number of hydrogen-bond donors (Lipinski definition) is 2. The first kappa shape index (κ1) is 56.4. The number of nitrogens with one attached hydrogen (secondary N) is 2. The molecular weight excluding hydrogens is 945 g/mol. The van der Waals surface area contributed by atoms with E-state index < -0.39 is 10.4 Å². The largest absolute Gasteiger partial charge is 0.759 e. The van der Waals surface area contributed by atoms with Crippen molar-refractivity contribution in [2.45, 2.75) is 85.7 Å². The van der Waals surface area contributed by atoms with E-state index in [0.717, 1.165) is 48.8 Å². The number of fused-ring (bicyclic) bond motifs is 4. The molecular formula is C46H68N4O19S. The Balaban J connectivity index is 0.000000218. The highest BCUT2D eigenvalue weighted by Crippen LogP contribution is 2.65. The number of anilines is 2. The SMILES string of the molecule is COc1cc2c(cc1OC)[C@@]13CC[NH+]4CC5=CCO[C@H]6CC(=O)N2[C@H]1[C@H]6[C@@H]5C[C@H]43.COc1cc2c(cc1OC)[C@@]13CC[NH+]4CC5=CCO[C@H]6CC(=O)N2[C@H]1[C@H]6[C@@H]5C[C@H]43.O.O.O.O.O.O.O.O=S(=O)([O-])[O-]. The van der Waals surface area contributed by atoms with Crippen molar-refractivity contribution >= 4 is 33.6 Å². The Morgan fingerprint density at radius 1 is 0.600 bits per heavy atom. The zero-order valence-corrected chi connectivity index (χ0v) is 40.2. The Morgan fingerprint density at radius 2 is 0.943 bits per heavy atom. The highest BCUT2D eigenvalue weighted by atomic mass is 32.3. The first-order valence-electron chi connectivity index (χ1n) is 22.5. The third-order valence-corrected chi connectivity index (χ3v) is 18.0. The average molecular weight is 1010 g/mol. The number of methoxy groups -OCH3 is 4. The van der Waals surface area contributed by atoms with Gasteiger partial charge in [0.05, 0.1) is 127 Å². The van der Waals surface area contributed by atoms with Crippen LogP contribution < -0.4 is 38.5 Å². The summed E-state index contributed by atoms with van der Waals surface area (Å²) in [7, 11) is 1.57. The Hall–Kier alpha value is -4.51. The summed E-state index contributed by atoms with van der Waals surface area (Å²) in [5.41, 5.74) is 7.92. The monoisotopic (exact) mass is 1010 g/mol. The number of quaternary nitrogens is 2. The Labute approximate surface area is 404 Å². The van der Waals surface area contributed by atoms with Gasteiger partial charge in [0.2, 0.25) is 11.8 Å². The molecule has 10 heterocycles. The number of nitrogens with zero attached hydrogens (tertiary/aromatic N) is 2. The number of benzene rings is 2. The molecule has 2 aliphatic carbocycles. The smallest absolute Gasteiger partial charge is 0.229 e. The van der Waals surface area contributed by atoms with Gasteiger partial charge in [-0.1, -0.05) is 12.2 Å². The zero-order valence-electron chi connectivity index (χ0n) is 39.4. The number of carbonyl (C=O) groups is 2. The molecule has 2 aromatic rings. The number of piperidine rings is 4. The van der Waals surface area contributed by atoms with Gasteiger partial charge in [-0.2, -0.15) is 0 Å². The van der Waals surface area contributed by atoms with Gasteiger partial charge in [0.25, 0.3) is 0 Å². The lowest BCUT2D eigenvalue weighted by molar-refractivity contribution is -0.916. The van der Waals surface area contributed by atoms with Crippen molar-refractivity contribution in [3.8, 4) is 23.0 Å². The molecule has 2 aromatic carbocycles. The second-order valence-electron chi connectivity index (χ2n) is 19.7. The molecule has 70 heavy (non-hydrogen) atoms. The molecule has 23 nitrogen and oxygen atoms in total. The summed E-state index contributed by atoms with van der Waals surface area (Å²) in [6.07, 6.45) is 10.4. The zero-order chi connectivity index (χ0) is 43.5. The predicted molar refractivity (Wildman–Crippen MR) is 247 cm³/mol. The van der Waals surface area contributed by atoms with Crippen LogP contribution in [0.1, 0.15) is 49.7 Å². The van der Waals surface area contributed by atoms with E-state index in [1.54, 1.807) is 49.4 Å². The molecule has 2 saturated carbocycles. The van der Waals surface area contributed by atoms with Gasteiger partial charge in [-0.15, -0.1) is 0 Å². The van der Waals surface area contributed by atoms with Crippen molar-refractivity contribution in [3.63, 3.8) is 0 Å². The fourth-order valence-corrected chi connectivity index (χ4v) is 16.2. The van der Waals surface area contributed by atoms with Crippen molar-refractivity contribution in [2.75, 3.05) is 77.6 Å². The summed E-state index contributed by atoms with van der Waals surface area (Å²) in [4.78, 5) is 34.6. The molecule has 392 valence electrons. The van der Waals surface area contributed by atoms with Crippen LogP contribution >= 0.6 is 0 Å². The molecule has 24 heteroatoms.